The van der Waals surface area contributed by atoms with Gasteiger partial charge in [0.05, 0.1) is 5.88 Å². The number of ketones is 1. The van der Waals surface area contributed by atoms with E-state index in [2.05, 4.69) is 4.98 Å². The molecule has 0 aromatic carbocycles. The van der Waals surface area contributed by atoms with Gasteiger partial charge in [0.1, 0.15) is 12.2 Å². The van der Waals surface area contributed by atoms with Gasteiger partial charge in [-0.05, 0) is 6.92 Å². The van der Waals surface area contributed by atoms with Gasteiger partial charge in [0, 0.05) is 11.9 Å². The number of thiazole rings is 1. The minimum absolute atomic E-state index is 0.112. The molecule has 17 heavy (non-hydrogen) atoms. The van der Waals surface area contributed by atoms with Crippen LogP contribution < -0.4 is 4.90 Å². The maximum absolute atomic E-state index is 12.3. The Kier molecular flexibility index (Phi) is 4.76. The van der Waals surface area contributed by atoms with Crippen molar-refractivity contribution in [1.29, 1.82) is 0 Å². The Balaban J connectivity index is 2.83. The third-order valence-electron chi connectivity index (χ3n) is 1.92. The molecule has 0 aliphatic rings. The zero-order chi connectivity index (χ0) is 13.1. The van der Waals surface area contributed by atoms with E-state index in [0.717, 1.165) is 16.2 Å². The number of nitrogens with zero attached hydrogens (tertiary/aromatic N) is 2. The lowest BCUT2D eigenvalue weighted by molar-refractivity contribution is -0.119. The molecule has 1 aromatic rings. The Morgan fingerprint density at radius 3 is 2.71 bits per heavy atom. The number of hydrogen-bond donors (Lipinski definition) is 0. The standard InChI is InChI=1S/C9H10ClF3N2OS/c1-2-15(5-9(11,12)13)8-14-6(4-17-8)7(16)3-10/h4H,2-3,5H2,1H3. The molecule has 8 heteroatoms. The Hall–Kier alpha value is -0.820. The average Bonchev–Trinajstić information content (AvgIpc) is 2.72. The summed E-state index contributed by atoms with van der Waals surface area (Å²) in [5.74, 6) is -0.619. The van der Waals surface area contributed by atoms with Crippen LogP contribution in [-0.4, -0.2) is 35.9 Å². The van der Waals surface area contributed by atoms with E-state index in [9.17, 15) is 18.0 Å². The number of anilines is 1. The van der Waals surface area contributed by atoms with Crippen molar-refractivity contribution in [1.82, 2.24) is 4.98 Å². The summed E-state index contributed by atoms with van der Waals surface area (Å²) in [5, 5.41) is 1.59. The van der Waals surface area contributed by atoms with E-state index >= 15 is 0 Å². The van der Waals surface area contributed by atoms with Gasteiger partial charge in [-0.1, -0.05) is 0 Å². The topological polar surface area (TPSA) is 33.2 Å². The van der Waals surface area contributed by atoms with E-state index in [-0.39, 0.29) is 23.3 Å². The van der Waals surface area contributed by atoms with Crippen LogP contribution in [0.25, 0.3) is 0 Å². The average molecular weight is 287 g/mol. The van der Waals surface area contributed by atoms with Gasteiger partial charge in [-0.25, -0.2) is 4.98 Å². The quantitative estimate of drug-likeness (QED) is 0.616. The number of Topliss-reactive ketones (excluding diaryl/α,β-unsaturated/α-hetero) is 1. The van der Waals surface area contributed by atoms with Gasteiger partial charge < -0.3 is 4.90 Å². The van der Waals surface area contributed by atoms with Crippen LogP contribution in [0, 0.1) is 0 Å². The second kappa shape index (κ2) is 5.68. The molecule has 0 atom stereocenters. The van der Waals surface area contributed by atoms with E-state index in [4.69, 9.17) is 11.6 Å². The molecule has 1 heterocycles. The van der Waals surface area contributed by atoms with Crippen molar-refractivity contribution in [3.05, 3.63) is 11.1 Å². The van der Waals surface area contributed by atoms with Crippen LogP contribution in [0.1, 0.15) is 17.4 Å². The second-order valence-electron chi connectivity index (χ2n) is 3.20. The zero-order valence-electron chi connectivity index (χ0n) is 8.92. The molecule has 0 N–H and O–H groups in total. The molecule has 0 saturated heterocycles. The molecule has 96 valence electrons. The van der Waals surface area contributed by atoms with Crippen LogP contribution in [-0.2, 0) is 0 Å². The minimum atomic E-state index is -4.29. The van der Waals surface area contributed by atoms with E-state index in [1.54, 1.807) is 6.92 Å². The van der Waals surface area contributed by atoms with Gasteiger partial charge in [0.25, 0.3) is 0 Å². The Morgan fingerprint density at radius 1 is 1.59 bits per heavy atom. The molecule has 0 aliphatic carbocycles. The highest BCUT2D eigenvalue weighted by Gasteiger charge is 2.31. The molecule has 3 nitrogen and oxygen atoms in total. The van der Waals surface area contributed by atoms with E-state index < -0.39 is 18.5 Å². The number of carbonyl (C=O) groups is 1. The maximum Gasteiger partial charge on any atom is 0.406 e. The Labute approximate surface area is 105 Å². The summed E-state index contributed by atoms with van der Waals surface area (Å²) in [6.07, 6.45) is -4.29. The van der Waals surface area contributed by atoms with Crippen molar-refractivity contribution < 1.29 is 18.0 Å². The van der Waals surface area contributed by atoms with Crippen molar-refractivity contribution in [2.45, 2.75) is 13.1 Å². The summed E-state index contributed by atoms with van der Waals surface area (Å²) in [4.78, 5) is 16.1. The molecule has 0 unspecified atom stereocenters. The molecular weight excluding hydrogens is 277 g/mol. The van der Waals surface area contributed by atoms with Crippen molar-refractivity contribution in [3.63, 3.8) is 0 Å². The molecule has 0 bridgehead atoms. The third kappa shape index (κ3) is 4.16. The van der Waals surface area contributed by atoms with Gasteiger partial charge >= 0.3 is 6.18 Å². The molecule has 0 fully saturated rings. The van der Waals surface area contributed by atoms with E-state index in [0.29, 0.717) is 0 Å². The fourth-order valence-electron chi connectivity index (χ4n) is 1.14. The first-order valence-electron chi connectivity index (χ1n) is 4.73. The monoisotopic (exact) mass is 286 g/mol. The number of hydrogen-bond acceptors (Lipinski definition) is 4. The highest BCUT2D eigenvalue weighted by atomic mass is 35.5. The lowest BCUT2D eigenvalue weighted by atomic mass is 10.3. The highest BCUT2D eigenvalue weighted by Crippen LogP contribution is 2.25. The lowest BCUT2D eigenvalue weighted by Gasteiger charge is -2.21. The molecular formula is C9H10ClF3N2OS. The van der Waals surface area contributed by atoms with Crippen LogP contribution in [0.2, 0.25) is 0 Å². The zero-order valence-corrected chi connectivity index (χ0v) is 10.5. The SMILES string of the molecule is CCN(CC(F)(F)F)c1nc(C(=O)CCl)cs1. The molecule has 0 radical (unpaired) electrons. The fraction of sp³-hybridized carbons (Fsp3) is 0.556. The summed E-state index contributed by atoms with van der Waals surface area (Å²) in [7, 11) is 0. The molecule has 0 spiro atoms. The molecule has 0 aliphatic heterocycles. The first-order chi connectivity index (χ1) is 7.87. The van der Waals surface area contributed by atoms with Crippen molar-refractivity contribution >= 4 is 33.9 Å². The summed E-state index contributed by atoms with van der Waals surface area (Å²) in [5.41, 5.74) is 0.112. The van der Waals surface area contributed by atoms with E-state index in [1.807, 2.05) is 0 Å². The van der Waals surface area contributed by atoms with Crippen LogP contribution in [0.3, 0.4) is 0 Å². The smallest absolute Gasteiger partial charge is 0.339 e. The van der Waals surface area contributed by atoms with Gasteiger partial charge in [-0.2, -0.15) is 13.2 Å². The minimum Gasteiger partial charge on any atom is -0.339 e. The number of rotatable bonds is 5. The molecule has 0 amide bonds. The summed E-state index contributed by atoms with van der Waals surface area (Å²) < 4.78 is 36.8. The van der Waals surface area contributed by atoms with Gasteiger partial charge in [0.15, 0.2) is 10.9 Å². The number of aromatic nitrogens is 1. The largest absolute Gasteiger partial charge is 0.406 e. The van der Waals surface area contributed by atoms with Crippen LogP contribution in [0.4, 0.5) is 18.3 Å². The fourth-order valence-corrected chi connectivity index (χ4v) is 2.17. The highest BCUT2D eigenvalue weighted by molar-refractivity contribution is 7.14. The van der Waals surface area contributed by atoms with Crippen LogP contribution in [0.5, 0.6) is 0 Å². The predicted molar refractivity (Wildman–Crippen MR) is 61.1 cm³/mol. The van der Waals surface area contributed by atoms with Crippen LogP contribution >= 0.6 is 22.9 Å². The maximum atomic E-state index is 12.3. The third-order valence-corrected chi connectivity index (χ3v) is 3.07. The number of halogens is 4. The first kappa shape index (κ1) is 14.2. The van der Waals surface area contributed by atoms with Crippen molar-refractivity contribution in [2.75, 3.05) is 23.9 Å². The van der Waals surface area contributed by atoms with Gasteiger partial charge in [-0.3, -0.25) is 4.79 Å². The van der Waals surface area contributed by atoms with Crippen molar-refractivity contribution in [2.24, 2.45) is 0 Å². The first-order valence-corrected chi connectivity index (χ1v) is 6.15. The van der Waals surface area contributed by atoms with Crippen molar-refractivity contribution in [3.8, 4) is 0 Å². The van der Waals surface area contributed by atoms with Gasteiger partial charge in [-0.15, -0.1) is 22.9 Å². The second-order valence-corrected chi connectivity index (χ2v) is 4.31. The Morgan fingerprint density at radius 2 is 2.24 bits per heavy atom. The molecule has 0 saturated carbocycles. The molecule has 1 aromatic heterocycles. The van der Waals surface area contributed by atoms with Gasteiger partial charge in [0.2, 0.25) is 0 Å². The number of alkyl halides is 4. The predicted octanol–water partition coefficient (Wildman–Crippen LogP) is 2.95. The van der Waals surface area contributed by atoms with Crippen LogP contribution in [0.15, 0.2) is 5.38 Å². The summed E-state index contributed by atoms with van der Waals surface area (Å²) in [6.45, 7) is 0.684. The Bertz CT molecular complexity index is 394. The lowest BCUT2D eigenvalue weighted by Crippen LogP contribution is -2.34. The van der Waals surface area contributed by atoms with E-state index in [1.165, 1.54) is 5.38 Å². The summed E-state index contributed by atoms with van der Waals surface area (Å²) >= 11 is 6.34. The molecule has 1 rings (SSSR count). The number of carbonyl (C=O) groups excluding carboxylic acids is 1. The summed E-state index contributed by atoms with van der Waals surface area (Å²) in [6, 6.07) is 0. The normalized spacial score (nSPS) is 11.6.